The van der Waals surface area contributed by atoms with Gasteiger partial charge in [0, 0.05) is 6.54 Å². The molecule has 136 valence electrons. The van der Waals surface area contributed by atoms with Crippen LogP contribution in [0, 0.1) is 5.92 Å². The quantitative estimate of drug-likeness (QED) is 0.705. The number of benzene rings is 1. The summed E-state index contributed by atoms with van der Waals surface area (Å²) in [5.41, 5.74) is -0.920. The summed E-state index contributed by atoms with van der Waals surface area (Å²) in [6.07, 6.45) is -4.49. The number of hydrogen-bond donors (Lipinski definition) is 3. The lowest BCUT2D eigenvalue weighted by molar-refractivity contribution is -0.137. The first-order valence-corrected chi connectivity index (χ1v) is 7.70. The summed E-state index contributed by atoms with van der Waals surface area (Å²) in [5, 5.41) is 14.2. The van der Waals surface area contributed by atoms with Crippen LogP contribution in [-0.4, -0.2) is 30.4 Å². The van der Waals surface area contributed by atoms with E-state index < -0.39 is 23.9 Å². The molecule has 0 fully saturated rings. The zero-order valence-corrected chi connectivity index (χ0v) is 13.9. The van der Waals surface area contributed by atoms with Crippen molar-refractivity contribution in [3.8, 4) is 5.75 Å². The number of nitrogens with one attached hydrogen (secondary N) is 2. The normalized spacial score (nSPS) is 14.0. The van der Waals surface area contributed by atoms with Gasteiger partial charge in [0.15, 0.2) is 0 Å². The van der Waals surface area contributed by atoms with Gasteiger partial charge in [0.1, 0.15) is 5.75 Å². The fourth-order valence-corrected chi connectivity index (χ4v) is 2.18. The first-order chi connectivity index (χ1) is 11.1. The van der Waals surface area contributed by atoms with Crippen LogP contribution in [0.25, 0.3) is 0 Å². The molecule has 0 bridgehead atoms. The number of urea groups is 1. The Bertz CT molecular complexity index is 548. The molecule has 0 spiro atoms. The van der Waals surface area contributed by atoms with Gasteiger partial charge >= 0.3 is 12.2 Å². The highest BCUT2D eigenvalue weighted by atomic mass is 19.4. The van der Waals surface area contributed by atoms with Gasteiger partial charge in [0.25, 0.3) is 0 Å². The van der Waals surface area contributed by atoms with E-state index in [-0.39, 0.29) is 24.0 Å². The van der Waals surface area contributed by atoms with Crippen molar-refractivity contribution < 1.29 is 27.8 Å². The minimum Gasteiger partial charge on any atom is -0.492 e. The Morgan fingerprint density at radius 1 is 1.33 bits per heavy atom. The van der Waals surface area contributed by atoms with Crippen molar-refractivity contribution in [1.29, 1.82) is 0 Å². The number of carbonyl (C=O) groups is 1. The predicted molar refractivity (Wildman–Crippen MR) is 85.1 cm³/mol. The van der Waals surface area contributed by atoms with E-state index in [1.165, 1.54) is 6.07 Å². The molecular weight excluding hydrogens is 325 g/mol. The maximum absolute atomic E-state index is 12.8. The van der Waals surface area contributed by atoms with Crippen molar-refractivity contribution in [2.75, 3.05) is 18.5 Å². The fourth-order valence-electron chi connectivity index (χ4n) is 2.18. The minimum absolute atomic E-state index is 0.0311. The van der Waals surface area contributed by atoms with Crippen LogP contribution in [0.1, 0.15) is 32.8 Å². The number of amides is 2. The van der Waals surface area contributed by atoms with Crippen LogP contribution in [0.3, 0.4) is 0 Å². The second-order valence-corrected chi connectivity index (χ2v) is 5.67. The molecule has 1 aromatic carbocycles. The van der Waals surface area contributed by atoms with E-state index in [1.807, 2.05) is 6.92 Å². The van der Waals surface area contributed by atoms with Gasteiger partial charge in [0.2, 0.25) is 0 Å². The van der Waals surface area contributed by atoms with E-state index >= 15 is 0 Å². The highest BCUT2D eigenvalue weighted by Crippen LogP contribution is 2.35. The largest absolute Gasteiger partial charge is 0.492 e. The van der Waals surface area contributed by atoms with Crippen LogP contribution in [0.5, 0.6) is 5.75 Å². The number of rotatable bonds is 7. The summed E-state index contributed by atoms with van der Waals surface area (Å²) in [5.74, 6) is 0.196. The smallest absolute Gasteiger partial charge is 0.416 e. The van der Waals surface area contributed by atoms with E-state index in [2.05, 4.69) is 10.6 Å². The molecule has 0 aliphatic rings. The Morgan fingerprint density at radius 3 is 2.54 bits per heavy atom. The topological polar surface area (TPSA) is 70.6 Å². The van der Waals surface area contributed by atoms with Crippen molar-refractivity contribution in [2.45, 2.75) is 39.5 Å². The molecular formula is C16H23F3N2O3. The second kappa shape index (κ2) is 8.77. The molecule has 0 radical (unpaired) electrons. The van der Waals surface area contributed by atoms with Crippen LogP contribution in [-0.2, 0) is 6.18 Å². The zero-order valence-electron chi connectivity index (χ0n) is 13.9. The average Bonchev–Trinajstić information content (AvgIpc) is 2.45. The third-order valence-corrected chi connectivity index (χ3v) is 3.21. The van der Waals surface area contributed by atoms with Gasteiger partial charge in [-0.25, -0.2) is 4.79 Å². The van der Waals surface area contributed by atoms with Crippen LogP contribution in [0.2, 0.25) is 0 Å². The van der Waals surface area contributed by atoms with Crippen molar-refractivity contribution in [3.63, 3.8) is 0 Å². The molecule has 1 aromatic rings. The predicted octanol–water partition coefficient (Wildman–Crippen LogP) is 3.63. The number of hydrogen-bond acceptors (Lipinski definition) is 3. The Kier molecular flexibility index (Phi) is 7.34. The monoisotopic (exact) mass is 348 g/mol. The number of carbonyl (C=O) groups excluding carboxylic acids is 1. The molecule has 0 heterocycles. The molecule has 0 saturated carbocycles. The van der Waals surface area contributed by atoms with Crippen molar-refractivity contribution >= 4 is 11.7 Å². The summed E-state index contributed by atoms with van der Waals surface area (Å²) in [4.78, 5) is 11.9. The molecule has 3 N–H and O–H groups in total. The zero-order chi connectivity index (χ0) is 18.3. The molecule has 2 atom stereocenters. The van der Waals surface area contributed by atoms with Gasteiger partial charge in [-0.15, -0.1) is 0 Å². The molecule has 1 rings (SSSR count). The minimum atomic E-state index is -4.51. The van der Waals surface area contributed by atoms with Crippen molar-refractivity contribution in [3.05, 3.63) is 23.8 Å². The molecule has 2 amide bonds. The van der Waals surface area contributed by atoms with Crippen molar-refractivity contribution in [1.82, 2.24) is 5.32 Å². The van der Waals surface area contributed by atoms with Crippen LogP contribution >= 0.6 is 0 Å². The van der Waals surface area contributed by atoms with Gasteiger partial charge < -0.3 is 20.5 Å². The Balaban J connectivity index is 2.78. The summed E-state index contributed by atoms with van der Waals surface area (Å²) >= 11 is 0. The molecule has 5 nitrogen and oxygen atoms in total. The summed E-state index contributed by atoms with van der Waals surface area (Å²) in [6, 6.07) is 2.29. The Hall–Kier alpha value is -1.96. The molecule has 0 saturated heterocycles. The summed E-state index contributed by atoms with van der Waals surface area (Å²) in [6.45, 7) is 5.74. The third kappa shape index (κ3) is 6.66. The molecule has 0 aromatic heterocycles. The number of anilines is 1. The lowest BCUT2D eigenvalue weighted by Crippen LogP contribution is -2.33. The number of ether oxygens (including phenoxy) is 1. The fraction of sp³-hybridized carbons (Fsp3) is 0.562. The standard InChI is InChI=1S/C16H23F3N2O3/c1-4-24-14-6-5-12(16(17,18)19)8-13(14)21-15(23)20-9-10(2)7-11(3)22/h5-6,8,10-11,22H,4,7,9H2,1-3H3,(H2,20,21,23). The van der Waals surface area contributed by atoms with E-state index in [0.717, 1.165) is 12.1 Å². The lowest BCUT2D eigenvalue weighted by atomic mass is 10.1. The first kappa shape index (κ1) is 20.1. The average molecular weight is 348 g/mol. The molecule has 2 unspecified atom stereocenters. The SMILES string of the molecule is CCOc1ccc(C(F)(F)F)cc1NC(=O)NCC(C)CC(C)O. The highest BCUT2D eigenvalue weighted by molar-refractivity contribution is 5.91. The van der Waals surface area contributed by atoms with E-state index in [0.29, 0.717) is 13.0 Å². The van der Waals surface area contributed by atoms with E-state index in [1.54, 1.807) is 13.8 Å². The third-order valence-electron chi connectivity index (χ3n) is 3.21. The molecule has 24 heavy (non-hydrogen) atoms. The van der Waals surface area contributed by atoms with Gasteiger partial charge in [-0.05, 0) is 44.4 Å². The van der Waals surface area contributed by atoms with Gasteiger partial charge in [-0.3, -0.25) is 0 Å². The van der Waals surface area contributed by atoms with Gasteiger partial charge in [-0.2, -0.15) is 13.2 Å². The highest BCUT2D eigenvalue weighted by Gasteiger charge is 2.31. The Morgan fingerprint density at radius 2 is 2.00 bits per heavy atom. The molecule has 0 aliphatic carbocycles. The summed E-state index contributed by atoms with van der Waals surface area (Å²) in [7, 11) is 0. The summed E-state index contributed by atoms with van der Waals surface area (Å²) < 4.78 is 43.7. The van der Waals surface area contributed by atoms with Gasteiger partial charge in [-0.1, -0.05) is 6.92 Å². The number of halogens is 3. The second-order valence-electron chi connectivity index (χ2n) is 5.67. The van der Waals surface area contributed by atoms with Crippen LogP contribution in [0.15, 0.2) is 18.2 Å². The molecule has 0 aliphatic heterocycles. The maximum Gasteiger partial charge on any atom is 0.416 e. The molecule has 8 heteroatoms. The van der Waals surface area contributed by atoms with Gasteiger partial charge in [0.05, 0.1) is 24.0 Å². The lowest BCUT2D eigenvalue weighted by Gasteiger charge is -2.17. The number of aliphatic hydroxyl groups is 1. The van der Waals surface area contributed by atoms with Crippen LogP contribution < -0.4 is 15.4 Å². The number of alkyl halides is 3. The van der Waals surface area contributed by atoms with E-state index in [9.17, 15) is 23.1 Å². The maximum atomic E-state index is 12.8. The van der Waals surface area contributed by atoms with E-state index in [4.69, 9.17) is 4.74 Å². The Labute approximate surface area is 139 Å². The van der Waals surface area contributed by atoms with Crippen LogP contribution in [0.4, 0.5) is 23.7 Å². The van der Waals surface area contributed by atoms with Crippen molar-refractivity contribution in [2.24, 2.45) is 5.92 Å². The first-order valence-electron chi connectivity index (χ1n) is 7.70. The number of aliphatic hydroxyl groups excluding tert-OH is 1.